The zero-order valence-electron chi connectivity index (χ0n) is 27.1. The fourth-order valence-corrected chi connectivity index (χ4v) is 9.24. The summed E-state index contributed by atoms with van der Waals surface area (Å²) in [5.74, 6) is -7.64. The van der Waals surface area contributed by atoms with Crippen molar-refractivity contribution in [3.63, 3.8) is 0 Å². The maximum atomic E-state index is 15.3. The summed E-state index contributed by atoms with van der Waals surface area (Å²) in [6, 6.07) is 24.0. The van der Waals surface area contributed by atoms with E-state index in [9.17, 15) is 19.5 Å². The molecule has 0 bridgehead atoms. The average molecular weight is 727 g/mol. The monoisotopic (exact) mass is 725 g/mol. The van der Waals surface area contributed by atoms with Gasteiger partial charge in [-0.3, -0.25) is 29.5 Å². The van der Waals surface area contributed by atoms with E-state index in [1.807, 2.05) is 6.08 Å². The SMILES string of the molecule is COc1ccc([C@@]23C(=O)N(Nc4ccc(Cl)cc4Cl)C(=O)[C@@H]2C[C@@H]2C(=CC[C@@H]4C(=O)N(c5ccccc5)C(=O)[C@@H]42)[C@@H]3c2cccc(F)c2O)cc1. The number of hydrogen-bond acceptors (Lipinski definition) is 7. The van der Waals surface area contributed by atoms with Crippen LogP contribution in [0.3, 0.4) is 0 Å². The second kappa shape index (κ2) is 12.2. The smallest absolute Gasteiger partial charge is 0.260 e. The molecule has 6 atom stereocenters. The zero-order valence-corrected chi connectivity index (χ0v) is 28.6. The number of imide groups is 2. The standard InChI is InChI=1S/C39H30Cl2FN3O6/c1-51-23-13-10-20(11-14-23)39-28(36(48)45(38(39)50)43-31-17-12-21(40)18-29(31)41)19-27-24(33(39)26-8-5-9-30(42)34(26)46)15-16-25-32(27)37(49)44(35(25)47)22-6-3-2-4-7-22/h2-15,17-18,25,27-28,32-33,43,46H,16,19H2,1H3/t25-,27+,28-,32-,33+,39+/m0/s1. The lowest BCUT2D eigenvalue weighted by Gasteiger charge is -2.50. The predicted molar refractivity (Wildman–Crippen MR) is 188 cm³/mol. The second-order valence-electron chi connectivity index (χ2n) is 13.2. The van der Waals surface area contributed by atoms with Gasteiger partial charge in [-0.1, -0.05) is 77.3 Å². The van der Waals surface area contributed by atoms with Gasteiger partial charge in [0.2, 0.25) is 11.8 Å². The third-order valence-electron chi connectivity index (χ3n) is 10.9. The molecule has 2 aliphatic heterocycles. The molecule has 51 heavy (non-hydrogen) atoms. The number of nitrogens with zero attached hydrogens (tertiary/aromatic N) is 2. The normalized spacial score (nSPS) is 26.8. The highest BCUT2D eigenvalue weighted by molar-refractivity contribution is 6.36. The van der Waals surface area contributed by atoms with Crippen molar-refractivity contribution in [2.75, 3.05) is 17.4 Å². The Morgan fingerprint density at radius 1 is 0.882 bits per heavy atom. The first kappa shape index (κ1) is 33.0. The number of anilines is 2. The molecule has 258 valence electrons. The number of rotatable bonds is 6. The molecule has 0 aromatic heterocycles. The Balaban J connectivity index is 1.35. The quantitative estimate of drug-likeness (QED) is 0.162. The van der Waals surface area contributed by atoms with Crippen molar-refractivity contribution in [2.24, 2.45) is 23.7 Å². The number of carbonyl (C=O) groups excluding carboxylic acids is 4. The number of benzene rings is 4. The van der Waals surface area contributed by atoms with Crippen molar-refractivity contribution >= 4 is 58.2 Å². The molecule has 2 aliphatic carbocycles. The summed E-state index contributed by atoms with van der Waals surface area (Å²) in [6.45, 7) is 0. The van der Waals surface area contributed by atoms with E-state index < -0.39 is 64.3 Å². The first-order valence-corrected chi connectivity index (χ1v) is 17.2. The van der Waals surface area contributed by atoms with Crippen molar-refractivity contribution in [1.82, 2.24) is 5.01 Å². The maximum Gasteiger partial charge on any atom is 0.260 e. The van der Waals surface area contributed by atoms with Crippen LogP contribution in [0, 0.1) is 29.5 Å². The molecular formula is C39H30Cl2FN3O6. The Morgan fingerprint density at radius 3 is 2.33 bits per heavy atom. The zero-order chi connectivity index (χ0) is 35.8. The number of ether oxygens (including phenoxy) is 1. The third kappa shape index (κ3) is 4.80. The molecule has 0 spiro atoms. The molecule has 4 aliphatic rings. The van der Waals surface area contributed by atoms with Crippen molar-refractivity contribution < 1.29 is 33.4 Å². The molecule has 1 saturated carbocycles. The molecular weight excluding hydrogens is 696 g/mol. The van der Waals surface area contributed by atoms with E-state index in [0.29, 0.717) is 27.6 Å². The minimum atomic E-state index is -1.74. The number of phenolic OH excluding ortho intramolecular Hbond substituents is 1. The number of carbonyl (C=O) groups is 4. The molecule has 2 saturated heterocycles. The summed E-state index contributed by atoms with van der Waals surface area (Å²) in [5, 5.41) is 12.8. The van der Waals surface area contributed by atoms with Crippen molar-refractivity contribution in [1.29, 1.82) is 0 Å². The van der Waals surface area contributed by atoms with Gasteiger partial charge in [0, 0.05) is 16.5 Å². The Hall–Kier alpha value is -5.19. The number of methoxy groups -OCH3 is 1. The average Bonchev–Trinajstić information content (AvgIpc) is 3.51. The predicted octanol–water partition coefficient (Wildman–Crippen LogP) is 7.04. The number of halogens is 3. The number of amides is 4. The number of fused-ring (bicyclic) bond motifs is 4. The van der Waals surface area contributed by atoms with E-state index in [2.05, 4.69) is 5.43 Å². The van der Waals surface area contributed by atoms with Gasteiger partial charge in [-0.25, -0.2) is 4.39 Å². The van der Waals surface area contributed by atoms with Crippen LogP contribution in [0.2, 0.25) is 10.0 Å². The van der Waals surface area contributed by atoms with Gasteiger partial charge in [0.1, 0.15) is 5.75 Å². The molecule has 4 aromatic rings. The van der Waals surface area contributed by atoms with Gasteiger partial charge in [0.15, 0.2) is 11.6 Å². The summed E-state index contributed by atoms with van der Waals surface area (Å²) in [5.41, 5.74) is 2.93. The number of allylic oxidation sites excluding steroid dienone is 2. The van der Waals surface area contributed by atoms with Crippen LogP contribution >= 0.6 is 23.2 Å². The number of phenols is 1. The van der Waals surface area contributed by atoms with Crippen LogP contribution in [0.5, 0.6) is 11.5 Å². The first-order chi connectivity index (χ1) is 24.6. The third-order valence-corrected chi connectivity index (χ3v) is 11.5. The highest BCUT2D eigenvalue weighted by atomic mass is 35.5. The number of aromatic hydroxyl groups is 1. The van der Waals surface area contributed by atoms with Crippen LogP contribution in [0.4, 0.5) is 15.8 Å². The summed E-state index contributed by atoms with van der Waals surface area (Å²) in [6.07, 6.45) is 2.03. The molecule has 12 heteroatoms. The van der Waals surface area contributed by atoms with Crippen LogP contribution in [-0.2, 0) is 24.6 Å². The topological polar surface area (TPSA) is 116 Å². The lowest BCUT2D eigenvalue weighted by Crippen LogP contribution is -2.53. The summed E-state index contributed by atoms with van der Waals surface area (Å²) in [7, 11) is 1.50. The van der Waals surface area contributed by atoms with E-state index in [-0.39, 0.29) is 35.0 Å². The lowest BCUT2D eigenvalue weighted by molar-refractivity contribution is -0.138. The number of nitrogens with one attached hydrogen (secondary N) is 1. The van der Waals surface area contributed by atoms with Crippen LogP contribution in [0.25, 0.3) is 0 Å². The van der Waals surface area contributed by atoms with E-state index in [1.54, 1.807) is 60.7 Å². The second-order valence-corrected chi connectivity index (χ2v) is 14.1. The van der Waals surface area contributed by atoms with Crippen molar-refractivity contribution in [2.45, 2.75) is 24.2 Å². The molecule has 4 amide bonds. The number of hydrogen-bond donors (Lipinski definition) is 2. The van der Waals surface area contributed by atoms with Crippen LogP contribution in [0.1, 0.15) is 29.9 Å². The summed E-state index contributed by atoms with van der Waals surface area (Å²) < 4.78 is 20.7. The summed E-state index contributed by atoms with van der Waals surface area (Å²) >= 11 is 12.6. The molecule has 8 rings (SSSR count). The maximum absolute atomic E-state index is 15.3. The van der Waals surface area contributed by atoms with Crippen LogP contribution in [0.15, 0.2) is 103 Å². The lowest BCUT2D eigenvalue weighted by atomic mass is 9.49. The molecule has 3 fully saturated rings. The van der Waals surface area contributed by atoms with E-state index in [1.165, 1.54) is 36.3 Å². The molecule has 9 nitrogen and oxygen atoms in total. The Morgan fingerprint density at radius 2 is 1.63 bits per heavy atom. The van der Waals surface area contributed by atoms with Gasteiger partial charge in [0.05, 0.1) is 46.7 Å². The van der Waals surface area contributed by atoms with E-state index in [4.69, 9.17) is 27.9 Å². The van der Waals surface area contributed by atoms with Crippen LogP contribution < -0.4 is 15.1 Å². The minimum absolute atomic E-state index is 0.0182. The Bertz CT molecular complexity index is 2160. The van der Waals surface area contributed by atoms with Gasteiger partial charge in [-0.05, 0) is 72.9 Å². The fraction of sp³-hybridized carbons (Fsp3) is 0.231. The van der Waals surface area contributed by atoms with Gasteiger partial charge in [-0.15, -0.1) is 0 Å². The largest absolute Gasteiger partial charge is 0.505 e. The highest BCUT2D eigenvalue weighted by Crippen LogP contribution is 2.65. The minimum Gasteiger partial charge on any atom is -0.505 e. The van der Waals surface area contributed by atoms with Crippen molar-refractivity contribution in [3.05, 3.63) is 130 Å². The van der Waals surface area contributed by atoms with Crippen molar-refractivity contribution in [3.8, 4) is 11.5 Å². The van der Waals surface area contributed by atoms with Gasteiger partial charge in [-0.2, -0.15) is 5.01 Å². The fourth-order valence-electron chi connectivity index (χ4n) is 8.78. The van der Waals surface area contributed by atoms with E-state index >= 15 is 9.18 Å². The molecule has 2 heterocycles. The number of hydrazine groups is 1. The van der Waals surface area contributed by atoms with E-state index in [0.717, 1.165) is 11.1 Å². The summed E-state index contributed by atoms with van der Waals surface area (Å²) in [4.78, 5) is 59.5. The van der Waals surface area contributed by atoms with Gasteiger partial charge < -0.3 is 9.84 Å². The molecule has 0 radical (unpaired) electrons. The molecule has 2 N–H and O–H groups in total. The highest BCUT2D eigenvalue weighted by Gasteiger charge is 2.70. The Kier molecular flexibility index (Phi) is 7.92. The molecule has 0 unspecified atom stereocenters. The van der Waals surface area contributed by atoms with Crippen LogP contribution in [-0.4, -0.2) is 40.9 Å². The first-order valence-electron chi connectivity index (χ1n) is 16.4. The van der Waals surface area contributed by atoms with Gasteiger partial charge in [0.25, 0.3) is 11.8 Å². The van der Waals surface area contributed by atoms with Gasteiger partial charge >= 0.3 is 0 Å². The Labute approximate surface area is 302 Å². The number of para-hydroxylation sites is 2. The molecule has 4 aromatic carbocycles.